The first-order chi connectivity index (χ1) is 10.2. The zero-order valence-corrected chi connectivity index (χ0v) is 12.9. The molecular weight excluding hydrogens is 282 g/mol. The van der Waals surface area contributed by atoms with Gasteiger partial charge in [0.15, 0.2) is 0 Å². The van der Waals surface area contributed by atoms with E-state index in [-0.39, 0.29) is 5.91 Å². The molecule has 1 N–H and O–H groups in total. The highest BCUT2D eigenvalue weighted by Crippen LogP contribution is 2.25. The molecule has 5 heteroatoms. The minimum atomic E-state index is -0.0288. The first-order valence-electron chi connectivity index (χ1n) is 7.24. The summed E-state index contributed by atoms with van der Waals surface area (Å²) in [5, 5.41) is 3.85. The highest BCUT2D eigenvalue weighted by Gasteiger charge is 2.25. The van der Waals surface area contributed by atoms with E-state index in [9.17, 15) is 4.79 Å². The summed E-state index contributed by atoms with van der Waals surface area (Å²) in [4.78, 5) is 19.4. The Morgan fingerprint density at radius 2 is 2.14 bits per heavy atom. The molecule has 0 saturated heterocycles. The van der Waals surface area contributed by atoms with E-state index in [2.05, 4.69) is 22.2 Å². The van der Waals surface area contributed by atoms with Gasteiger partial charge in [0.1, 0.15) is 9.88 Å². The van der Waals surface area contributed by atoms with Crippen molar-refractivity contribution in [3.05, 3.63) is 41.4 Å². The third kappa shape index (κ3) is 3.68. The molecule has 1 aliphatic rings. The number of rotatable bonds is 6. The summed E-state index contributed by atoms with van der Waals surface area (Å²) in [7, 11) is 2.12. The molecule has 110 valence electrons. The van der Waals surface area contributed by atoms with Crippen molar-refractivity contribution >= 4 is 17.2 Å². The van der Waals surface area contributed by atoms with E-state index < -0.39 is 0 Å². The largest absolute Gasteiger partial charge is 0.350 e. The van der Waals surface area contributed by atoms with E-state index in [1.165, 1.54) is 24.2 Å². The molecule has 1 aliphatic carbocycles. The van der Waals surface area contributed by atoms with Crippen LogP contribution < -0.4 is 5.32 Å². The van der Waals surface area contributed by atoms with Gasteiger partial charge in [-0.3, -0.25) is 4.79 Å². The number of amides is 1. The van der Waals surface area contributed by atoms with E-state index in [4.69, 9.17) is 0 Å². The monoisotopic (exact) mass is 301 g/mol. The van der Waals surface area contributed by atoms with Crippen LogP contribution in [0.3, 0.4) is 0 Å². The summed E-state index contributed by atoms with van der Waals surface area (Å²) in [6, 6.07) is 10.7. The van der Waals surface area contributed by atoms with Crippen molar-refractivity contribution in [2.45, 2.75) is 18.9 Å². The lowest BCUT2D eigenvalue weighted by atomic mass is 10.2. The van der Waals surface area contributed by atoms with Gasteiger partial charge >= 0.3 is 0 Å². The third-order valence-electron chi connectivity index (χ3n) is 3.67. The lowest BCUT2D eigenvalue weighted by molar-refractivity contribution is 0.0953. The Morgan fingerprint density at radius 1 is 1.38 bits per heavy atom. The van der Waals surface area contributed by atoms with E-state index in [0.29, 0.717) is 11.4 Å². The van der Waals surface area contributed by atoms with E-state index >= 15 is 0 Å². The fourth-order valence-corrected chi connectivity index (χ4v) is 3.06. The molecule has 21 heavy (non-hydrogen) atoms. The lowest BCUT2D eigenvalue weighted by Gasteiger charge is -2.15. The fraction of sp³-hybridized carbons (Fsp3) is 0.375. The molecule has 1 amide bonds. The van der Waals surface area contributed by atoms with Gasteiger partial charge in [0.2, 0.25) is 0 Å². The Hall–Kier alpha value is -1.72. The molecule has 0 radical (unpaired) electrons. The minimum absolute atomic E-state index is 0.0288. The number of nitrogens with one attached hydrogen (secondary N) is 1. The summed E-state index contributed by atoms with van der Waals surface area (Å²) in [6.45, 7) is 1.59. The second kappa shape index (κ2) is 6.37. The van der Waals surface area contributed by atoms with Crippen molar-refractivity contribution in [1.29, 1.82) is 0 Å². The van der Waals surface area contributed by atoms with Crippen LogP contribution >= 0.6 is 11.3 Å². The normalized spacial score (nSPS) is 14.4. The summed E-state index contributed by atoms with van der Waals surface area (Å²) in [5.41, 5.74) is 1.05. The Morgan fingerprint density at radius 3 is 2.86 bits per heavy atom. The number of carbonyl (C=O) groups excluding carboxylic acids is 1. The van der Waals surface area contributed by atoms with Gasteiger partial charge < -0.3 is 10.2 Å². The van der Waals surface area contributed by atoms with Crippen LogP contribution in [0.4, 0.5) is 0 Å². The first kappa shape index (κ1) is 14.2. The Balaban J connectivity index is 1.54. The van der Waals surface area contributed by atoms with Crippen LogP contribution in [0.2, 0.25) is 0 Å². The molecule has 2 aromatic rings. The van der Waals surface area contributed by atoms with Crippen molar-refractivity contribution in [3.63, 3.8) is 0 Å². The molecule has 0 spiro atoms. The highest BCUT2D eigenvalue weighted by atomic mass is 32.1. The van der Waals surface area contributed by atoms with Crippen molar-refractivity contribution in [2.75, 3.05) is 20.1 Å². The van der Waals surface area contributed by atoms with Crippen molar-refractivity contribution < 1.29 is 4.79 Å². The molecule has 1 fully saturated rings. The zero-order chi connectivity index (χ0) is 14.7. The number of nitrogens with zero attached hydrogens (tertiary/aromatic N) is 2. The molecule has 0 unspecified atom stereocenters. The number of carbonyl (C=O) groups is 1. The maximum atomic E-state index is 12.1. The van der Waals surface area contributed by atoms with Crippen LogP contribution in [0, 0.1) is 0 Å². The Labute approximate surface area is 128 Å². The maximum Gasteiger partial charge on any atom is 0.263 e. The van der Waals surface area contributed by atoms with Gasteiger partial charge in [0.05, 0.1) is 6.20 Å². The van der Waals surface area contributed by atoms with Crippen molar-refractivity contribution in [3.8, 4) is 10.6 Å². The van der Waals surface area contributed by atoms with Gasteiger partial charge in [-0.15, -0.1) is 11.3 Å². The molecule has 1 aromatic carbocycles. The molecule has 1 heterocycles. The fourth-order valence-electron chi connectivity index (χ4n) is 2.22. The SMILES string of the molecule is CN(CCNC(=O)c1cnc(-c2ccccc2)s1)C1CC1. The molecule has 0 aliphatic heterocycles. The van der Waals surface area contributed by atoms with Crippen LogP contribution in [0.5, 0.6) is 0 Å². The average molecular weight is 301 g/mol. The Bertz CT molecular complexity index is 607. The van der Waals surface area contributed by atoms with Gasteiger partial charge in [-0.25, -0.2) is 4.98 Å². The summed E-state index contributed by atoms with van der Waals surface area (Å²) in [6.07, 6.45) is 4.24. The second-order valence-electron chi connectivity index (χ2n) is 5.36. The smallest absolute Gasteiger partial charge is 0.263 e. The number of hydrogen-bond acceptors (Lipinski definition) is 4. The molecule has 3 rings (SSSR count). The maximum absolute atomic E-state index is 12.1. The molecule has 1 aromatic heterocycles. The minimum Gasteiger partial charge on any atom is -0.350 e. The van der Waals surface area contributed by atoms with Crippen LogP contribution in [0.1, 0.15) is 22.5 Å². The van der Waals surface area contributed by atoms with Crippen LogP contribution in [0.15, 0.2) is 36.5 Å². The van der Waals surface area contributed by atoms with E-state index in [0.717, 1.165) is 23.2 Å². The number of hydrogen-bond donors (Lipinski definition) is 1. The highest BCUT2D eigenvalue weighted by molar-refractivity contribution is 7.16. The van der Waals surface area contributed by atoms with Crippen LogP contribution in [-0.2, 0) is 0 Å². The van der Waals surface area contributed by atoms with Crippen LogP contribution in [0.25, 0.3) is 10.6 Å². The lowest BCUT2D eigenvalue weighted by Crippen LogP contribution is -2.33. The Kier molecular flexibility index (Phi) is 4.31. The first-order valence-corrected chi connectivity index (χ1v) is 8.05. The van der Waals surface area contributed by atoms with E-state index in [1.54, 1.807) is 6.20 Å². The third-order valence-corrected chi connectivity index (χ3v) is 4.72. The average Bonchev–Trinajstić information content (AvgIpc) is 3.25. The standard InChI is InChI=1S/C16H19N3OS/c1-19(13-7-8-13)10-9-17-15(20)14-11-18-16(21-14)12-5-3-2-4-6-12/h2-6,11,13H,7-10H2,1H3,(H,17,20). The summed E-state index contributed by atoms with van der Waals surface area (Å²) < 4.78 is 0. The summed E-state index contributed by atoms with van der Waals surface area (Å²) >= 11 is 1.43. The quantitative estimate of drug-likeness (QED) is 0.892. The zero-order valence-electron chi connectivity index (χ0n) is 12.1. The van der Waals surface area contributed by atoms with Gasteiger partial charge in [0.25, 0.3) is 5.91 Å². The predicted octanol–water partition coefficient (Wildman–Crippen LogP) is 2.63. The molecule has 4 nitrogen and oxygen atoms in total. The van der Waals surface area contributed by atoms with Gasteiger partial charge in [-0.1, -0.05) is 30.3 Å². The second-order valence-corrected chi connectivity index (χ2v) is 6.39. The molecular formula is C16H19N3OS. The number of aromatic nitrogens is 1. The number of thiazole rings is 1. The van der Waals surface area contributed by atoms with E-state index in [1.807, 2.05) is 30.3 Å². The topological polar surface area (TPSA) is 45.2 Å². The van der Waals surface area contributed by atoms with Crippen LogP contribution in [-0.4, -0.2) is 42.0 Å². The van der Waals surface area contributed by atoms with Crippen molar-refractivity contribution in [1.82, 2.24) is 15.2 Å². The molecule has 1 saturated carbocycles. The van der Waals surface area contributed by atoms with Gasteiger partial charge in [-0.2, -0.15) is 0 Å². The van der Waals surface area contributed by atoms with Gasteiger partial charge in [-0.05, 0) is 19.9 Å². The molecule has 0 bridgehead atoms. The number of likely N-dealkylation sites (N-methyl/N-ethyl adjacent to an activating group) is 1. The number of benzene rings is 1. The van der Waals surface area contributed by atoms with Gasteiger partial charge in [0, 0.05) is 24.7 Å². The van der Waals surface area contributed by atoms with Crippen molar-refractivity contribution in [2.24, 2.45) is 0 Å². The predicted molar refractivity (Wildman–Crippen MR) is 85.5 cm³/mol. The molecule has 0 atom stereocenters. The summed E-state index contributed by atoms with van der Waals surface area (Å²) in [5.74, 6) is -0.0288.